The number of halogens is 1. The molecule has 1 aromatic heterocycles. The predicted octanol–water partition coefficient (Wildman–Crippen LogP) is 5.02. The summed E-state index contributed by atoms with van der Waals surface area (Å²) < 4.78 is 0. The molecule has 0 amide bonds. The van der Waals surface area contributed by atoms with E-state index in [2.05, 4.69) is 58.7 Å². The van der Waals surface area contributed by atoms with Gasteiger partial charge < -0.3 is 0 Å². The third-order valence-electron chi connectivity index (χ3n) is 3.36. The first-order valence-electron chi connectivity index (χ1n) is 6.82. The molecule has 2 rings (SSSR count). The molecular formula is C17H21ClN2. The Bertz CT molecular complexity index is 632. The van der Waals surface area contributed by atoms with E-state index >= 15 is 0 Å². The summed E-state index contributed by atoms with van der Waals surface area (Å²) in [5.41, 5.74) is 5.62. The molecule has 2 nitrogen and oxygen atoms in total. The average Bonchev–Trinajstić information content (AvgIpc) is 2.25. The fraction of sp³-hybridized carbons (Fsp3) is 0.412. The Kier molecular flexibility index (Phi) is 3.88. The van der Waals surface area contributed by atoms with Crippen LogP contribution >= 0.6 is 11.6 Å². The number of benzene rings is 1. The Morgan fingerprint density at radius 1 is 0.900 bits per heavy atom. The molecule has 0 radical (unpaired) electrons. The van der Waals surface area contributed by atoms with E-state index in [9.17, 15) is 0 Å². The van der Waals surface area contributed by atoms with E-state index in [4.69, 9.17) is 16.6 Å². The van der Waals surface area contributed by atoms with Gasteiger partial charge in [0.05, 0.1) is 5.69 Å². The number of aryl methyl sites for hydroxylation is 3. The first-order chi connectivity index (χ1) is 9.18. The lowest BCUT2D eigenvalue weighted by Crippen LogP contribution is -2.14. The Balaban J connectivity index is 2.68. The molecule has 20 heavy (non-hydrogen) atoms. The number of rotatable bonds is 1. The van der Waals surface area contributed by atoms with Crippen molar-refractivity contribution in [3.8, 4) is 11.4 Å². The number of hydrogen-bond acceptors (Lipinski definition) is 2. The van der Waals surface area contributed by atoms with E-state index in [1.54, 1.807) is 0 Å². The maximum absolute atomic E-state index is 6.19. The molecule has 0 atom stereocenters. The molecule has 0 N–H and O–H groups in total. The van der Waals surface area contributed by atoms with Crippen molar-refractivity contribution in [3.63, 3.8) is 0 Å². The van der Waals surface area contributed by atoms with E-state index in [0.717, 1.165) is 17.1 Å². The second kappa shape index (κ2) is 5.17. The molecule has 0 saturated heterocycles. The lowest BCUT2D eigenvalue weighted by molar-refractivity contribution is 0.568. The summed E-state index contributed by atoms with van der Waals surface area (Å²) >= 11 is 6.19. The van der Waals surface area contributed by atoms with Gasteiger partial charge in [0.15, 0.2) is 5.82 Å². The van der Waals surface area contributed by atoms with E-state index in [1.807, 2.05) is 6.07 Å². The van der Waals surface area contributed by atoms with Gasteiger partial charge in [0.1, 0.15) is 5.15 Å². The van der Waals surface area contributed by atoms with Crippen molar-refractivity contribution in [2.75, 3.05) is 0 Å². The Morgan fingerprint density at radius 2 is 1.45 bits per heavy atom. The highest BCUT2D eigenvalue weighted by Gasteiger charge is 2.19. The monoisotopic (exact) mass is 288 g/mol. The van der Waals surface area contributed by atoms with Crippen LogP contribution < -0.4 is 0 Å². The maximum Gasteiger partial charge on any atom is 0.161 e. The molecule has 0 saturated carbocycles. The van der Waals surface area contributed by atoms with Gasteiger partial charge in [-0.05, 0) is 38.0 Å². The van der Waals surface area contributed by atoms with Gasteiger partial charge in [0, 0.05) is 11.0 Å². The van der Waals surface area contributed by atoms with Crippen molar-refractivity contribution in [2.45, 2.75) is 47.0 Å². The maximum atomic E-state index is 6.19. The average molecular weight is 289 g/mol. The van der Waals surface area contributed by atoms with Gasteiger partial charge in [-0.3, -0.25) is 0 Å². The first kappa shape index (κ1) is 15.0. The quantitative estimate of drug-likeness (QED) is 0.689. The van der Waals surface area contributed by atoms with Gasteiger partial charge >= 0.3 is 0 Å². The molecule has 1 heterocycles. The largest absolute Gasteiger partial charge is 0.232 e. The molecule has 1 aromatic carbocycles. The normalized spacial score (nSPS) is 11.8. The summed E-state index contributed by atoms with van der Waals surface area (Å²) in [7, 11) is 0. The molecule has 0 bridgehead atoms. The second-order valence-electron chi connectivity index (χ2n) is 6.42. The van der Waals surface area contributed by atoms with Gasteiger partial charge in [0.2, 0.25) is 0 Å². The number of nitrogens with zero attached hydrogens (tertiary/aromatic N) is 2. The van der Waals surface area contributed by atoms with Crippen molar-refractivity contribution in [1.29, 1.82) is 0 Å². The van der Waals surface area contributed by atoms with Crippen LogP contribution in [-0.4, -0.2) is 9.97 Å². The van der Waals surface area contributed by atoms with Crippen LogP contribution in [0.3, 0.4) is 0 Å². The van der Waals surface area contributed by atoms with Crippen LogP contribution in [0.4, 0.5) is 0 Å². The number of hydrogen-bond donors (Lipinski definition) is 0. The summed E-state index contributed by atoms with van der Waals surface area (Å²) in [6.45, 7) is 12.7. The molecule has 0 aliphatic rings. The third kappa shape index (κ3) is 3.01. The van der Waals surface area contributed by atoms with Crippen LogP contribution in [0.2, 0.25) is 5.15 Å². The summed E-state index contributed by atoms with van der Waals surface area (Å²) in [5.74, 6) is 0.720. The van der Waals surface area contributed by atoms with Crippen LogP contribution in [0.25, 0.3) is 11.4 Å². The van der Waals surface area contributed by atoms with Gasteiger partial charge in [-0.25, -0.2) is 9.97 Å². The number of aromatic nitrogens is 2. The van der Waals surface area contributed by atoms with Crippen molar-refractivity contribution >= 4 is 11.6 Å². The van der Waals surface area contributed by atoms with E-state index < -0.39 is 0 Å². The minimum Gasteiger partial charge on any atom is -0.232 e. The van der Waals surface area contributed by atoms with Gasteiger partial charge in [-0.15, -0.1) is 0 Å². The van der Waals surface area contributed by atoms with Crippen LogP contribution in [-0.2, 0) is 5.41 Å². The Labute approximate surface area is 126 Å². The van der Waals surface area contributed by atoms with Gasteiger partial charge in [0.25, 0.3) is 0 Å². The minimum atomic E-state index is -0.0478. The van der Waals surface area contributed by atoms with Crippen molar-refractivity contribution in [3.05, 3.63) is 45.7 Å². The highest BCUT2D eigenvalue weighted by atomic mass is 35.5. The summed E-state index contributed by atoms with van der Waals surface area (Å²) in [5, 5.41) is 0.499. The molecule has 3 heteroatoms. The van der Waals surface area contributed by atoms with Crippen LogP contribution in [0, 0.1) is 20.8 Å². The summed E-state index contributed by atoms with van der Waals surface area (Å²) in [6, 6.07) is 6.16. The van der Waals surface area contributed by atoms with Crippen LogP contribution in [0.15, 0.2) is 18.2 Å². The van der Waals surface area contributed by atoms with E-state index in [0.29, 0.717) is 5.15 Å². The molecule has 0 aliphatic heterocycles. The molecule has 0 spiro atoms. The molecule has 0 aliphatic carbocycles. The lowest BCUT2D eigenvalue weighted by Gasteiger charge is -2.19. The summed E-state index contributed by atoms with van der Waals surface area (Å²) in [6.07, 6.45) is 0. The highest BCUT2D eigenvalue weighted by molar-refractivity contribution is 6.29. The SMILES string of the molecule is Cc1cc(C)c(-c2nc(Cl)cc(C(C)(C)C)n2)c(C)c1. The predicted molar refractivity (Wildman–Crippen MR) is 85.4 cm³/mol. The topological polar surface area (TPSA) is 25.8 Å². The molecule has 0 unspecified atom stereocenters. The molecule has 2 aromatic rings. The van der Waals surface area contributed by atoms with Crippen molar-refractivity contribution in [2.24, 2.45) is 0 Å². The Morgan fingerprint density at radius 3 is 1.95 bits per heavy atom. The van der Waals surface area contributed by atoms with E-state index in [-0.39, 0.29) is 5.41 Å². The van der Waals surface area contributed by atoms with Gasteiger partial charge in [-0.1, -0.05) is 50.1 Å². The van der Waals surface area contributed by atoms with Crippen molar-refractivity contribution in [1.82, 2.24) is 9.97 Å². The minimum absolute atomic E-state index is 0.0478. The lowest BCUT2D eigenvalue weighted by atomic mass is 9.91. The molecule has 106 valence electrons. The smallest absolute Gasteiger partial charge is 0.161 e. The first-order valence-corrected chi connectivity index (χ1v) is 7.19. The standard InChI is InChI=1S/C17H21ClN2/c1-10-7-11(2)15(12(3)8-10)16-19-13(17(4,5)6)9-14(18)20-16/h7-9H,1-6H3. The Hall–Kier alpha value is -1.41. The second-order valence-corrected chi connectivity index (χ2v) is 6.81. The zero-order valence-corrected chi connectivity index (χ0v) is 13.8. The summed E-state index contributed by atoms with van der Waals surface area (Å²) in [4.78, 5) is 9.15. The zero-order chi connectivity index (χ0) is 15.1. The fourth-order valence-electron chi connectivity index (χ4n) is 2.45. The zero-order valence-electron chi connectivity index (χ0n) is 13.0. The fourth-order valence-corrected chi connectivity index (χ4v) is 2.63. The van der Waals surface area contributed by atoms with Crippen LogP contribution in [0.1, 0.15) is 43.2 Å². The van der Waals surface area contributed by atoms with Gasteiger partial charge in [-0.2, -0.15) is 0 Å². The van der Waals surface area contributed by atoms with Crippen LogP contribution in [0.5, 0.6) is 0 Å². The van der Waals surface area contributed by atoms with Crippen molar-refractivity contribution < 1.29 is 0 Å². The molecule has 0 fully saturated rings. The highest BCUT2D eigenvalue weighted by Crippen LogP contribution is 2.29. The third-order valence-corrected chi connectivity index (χ3v) is 3.56. The van der Waals surface area contributed by atoms with E-state index in [1.165, 1.54) is 16.7 Å². The molecular weight excluding hydrogens is 268 g/mol.